The second-order valence-corrected chi connectivity index (χ2v) is 9.76. The van der Waals surface area contributed by atoms with E-state index in [0.29, 0.717) is 22.4 Å². The molecule has 7 heteroatoms. The monoisotopic (exact) mass is 515 g/mol. The van der Waals surface area contributed by atoms with E-state index in [9.17, 15) is 14.4 Å². The number of ether oxygens (including phenoxy) is 3. The molecule has 0 unspecified atom stereocenters. The minimum absolute atomic E-state index is 0.197. The first-order chi connectivity index (χ1) is 18.1. The zero-order valence-electron chi connectivity index (χ0n) is 22.3. The number of aliphatic imine (C=N–C) groups is 1. The lowest BCUT2D eigenvalue weighted by Gasteiger charge is -2.34. The number of rotatable bonds is 9. The van der Waals surface area contributed by atoms with Crippen molar-refractivity contribution in [2.24, 2.45) is 10.4 Å². The average Bonchev–Trinajstić information content (AvgIpc) is 2.92. The van der Waals surface area contributed by atoms with Crippen molar-refractivity contribution in [2.45, 2.75) is 38.8 Å². The first-order valence-electron chi connectivity index (χ1n) is 12.2. The maximum atomic E-state index is 13.9. The summed E-state index contributed by atoms with van der Waals surface area (Å²) in [5.41, 5.74) is -0.677. The first kappa shape index (κ1) is 28.3. The van der Waals surface area contributed by atoms with Crippen molar-refractivity contribution in [2.75, 3.05) is 14.2 Å². The Hall–Kier alpha value is -4.26. The summed E-state index contributed by atoms with van der Waals surface area (Å²) in [6.07, 6.45) is -0.197. The quantitative estimate of drug-likeness (QED) is 0.176. The van der Waals surface area contributed by atoms with E-state index in [2.05, 4.69) is 0 Å². The summed E-state index contributed by atoms with van der Waals surface area (Å²) in [5, 5.41) is 0. The van der Waals surface area contributed by atoms with Crippen LogP contribution < -0.4 is 0 Å². The second kappa shape index (κ2) is 12.3. The van der Waals surface area contributed by atoms with Crippen LogP contribution in [0.3, 0.4) is 0 Å². The highest BCUT2D eigenvalue weighted by molar-refractivity contribution is 6.15. The number of carbonyl (C=O) groups is 3. The topological polar surface area (TPSA) is 91.3 Å². The number of carbonyl (C=O) groups excluding carboxylic acids is 3. The summed E-state index contributed by atoms with van der Waals surface area (Å²) in [4.78, 5) is 45.9. The minimum Gasteiger partial charge on any atom is -0.468 e. The highest BCUT2D eigenvalue weighted by Crippen LogP contribution is 2.36. The minimum atomic E-state index is -2.16. The number of nitrogens with zero attached hydrogens (tertiary/aromatic N) is 1. The van der Waals surface area contributed by atoms with Gasteiger partial charge in [-0.15, -0.1) is 0 Å². The van der Waals surface area contributed by atoms with E-state index in [1.54, 1.807) is 45.0 Å². The van der Waals surface area contributed by atoms with Gasteiger partial charge in [0.05, 0.1) is 19.9 Å². The fourth-order valence-corrected chi connectivity index (χ4v) is 4.19. The SMILES string of the molecule is COC(=O)C(Cc1ccccc1)(C(=O)OC)[C@H](N=C(c1ccccc1)c1ccccc1)C(=O)OC(C)(C)C. The number of esters is 3. The van der Waals surface area contributed by atoms with Gasteiger partial charge in [-0.25, -0.2) is 4.79 Å². The van der Waals surface area contributed by atoms with Crippen LogP contribution in [-0.2, 0) is 35.0 Å². The fourth-order valence-electron chi connectivity index (χ4n) is 4.19. The van der Waals surface area contributed by atoms with Crippen LogP contribution in [0.4, 0.5) is 0 Å². The molecule has 0 bridgehead atoms. The maximum absolute atomic E-state index is 13.9. The van der Waals surface area contributed by atoms with Crippen LogP contribution in [0.1, 0.15) is 37.5 Å². The first-order valence-corrected chi connectivity index (χ1v) is 12.2. The molecule has 0 saturated carbocycles. The number of hydrogen-bond acceptors (Lipinski definition) is 7. The van der Waals surface area contributed by atoms with Crippen molar-refractivity contribution < 1.29 is 28.6 Å². The molecule has 0 aromatic heterocycles. The second-order valence-electron chi connectivity index (χ2n) is 9.76. The van der Waals surface area contributed by atoms with Gasteiger partial charge in [0.25, 0.3) is 0 Å². The molecular weight excluding hydrogens is 482 g/mol. The Kier molecular flexibility index (Phi) is 9.18. The molecule has 0 saturated heterocycles. The lowest BCUT2D eigenvalue weighted by molar-refractivity contribution is -0.179. The zero-order valence-corrected chi connectivity index (χ0v) is 22.3. The predicted molar refractivity (Wildman–Crippen MR) is 145 cm³/mol. The van der Waals surface area contributed by atoms with Crippen molar-refractivity contribution in [1.29, 1.82) is 0 Å². The van der Waals surface area contributed by atoms with Crippen molar-refractivity contribution in [3.63, 3.8) is 0 Å². The van der Waals surface area contributed by atoms with Gasteiger partial charge in [-0.05, 0) is 26.3 Å². The Bertz CT molecular complexity index is 1210. The van der Waals surface area contributed by atoms with E-state index in [1.807, 2.05) is 66.7 Å². The van der Waals surface area contributed by atoms with E-state index >= 15 is 0 Å². The lowest BCUT2D eigenvalue weighted by atomic mass is 9.74. The van der Waals surface area contributed by atoms with Gasteiger partial charge in [0.15, 0.2) is 6.04 Å². The molecule has 38 heavy (non-hydrogen) atoms. The molecule has 0 aliphatic heterocycles. The number of methoxy groups -OCH3 is 2. The summed E-state index contributed by atoms with van der Waals surface area (Å²) in [6.45, 7) is 5.11. The normalized spacial score (nSPS) is 12.1. The van der Waals surface area contributed by atoms with Gasteiger partial charge in [0.1, 0.15) is 5.60 Å². The molecule has 0 radical (unpaired) electrons. The van der Waals surface area contributed by atoms with E-state index in [-0.39, 0.29) is 6.42 Å². The van der Waals surface area contributed by atoms with E-state index in [0.717, 1.165) is 14.2 Å². The standard InChI is InChI=1S/C31H33NO6/c1-30(2,3)38-27(33)26(32-25(23-17-11-7-12-18-23)24-19-13-8-14-20-24)31(28(34)36-4,29(35)37-5)21-22-15-9-6-10-16-22/h6-20,26H,21H2,1-5H3/t26-/m1/s1. The predicted octanol–water partition coefficient (Wildman–Crippen LogP) is 4.81. The van der Waals surface area contributed by atoms with Crippen molar-refractivity contribution in [3.8, 4) is 0 Å². The van der Waals surface area contributed by atoms with Crippen LogP contribution in [-0.4, -0.2) is 49.5 Å². The smallest absolute Gasteiger partial charge is 0.333 e. The van der Waals surface area contributed by atoms with Crippen molar-refractivity contribution in [3.05, 3.63) is 108 Å². The summed E-state index contributed by atoms with van der Waals surface area (Å²) < 4.78 is 16.0. The van der Waals surface area contributed by atoms with Gasteiger partial charge in [-0.1, -0.05) is 91.0 Å². The molecule has 0 N–H and O–H groups in total. The summed E-state index contributed by atoms with van der Waals surface area (Å²) in [7, 11) is 2.33. The zero-order chi connectivity index (χ0) is 27.8. The summed E-state index contributed by atoms with van der Waals surface area (Å²) >= 11 is 0. The lowest BCUT2D eigenvalue weighted by Crippen LogP contribution is -2.55. The van der Waals surface area contributed by atoms with Crippen molar-refractivity contribution >= 4 is 23.6 Å². The molecule has 3 aromatic carbocycles. The molecular formula is C31H33NO6. The molecule has 1 atom stereocenters. The molecule has 7 nitrogen and oxygen atoms in total. The van der Waals surface area contributed by atoms with Crippen LogP contribution in [0.15, 0.2) is 96.0 Å². The van der Waals surface area contributed by atoms with E-state index in [1.165, 1.54) is 0 Å². The average molecular weight is 516 g/mol. The van der Waals surface area contributed by atoms with Gasteiger partial charge in [-0.3, -0.25) is 14.6 Å². The third kappa shape index (κ3) is 6.54. The van der Waals surface area contributed by atoms with Gasteiger partial charge in [-0.2, -0.15) is 0 Å². The number of benzene rings is 3. The molecule has 0 aliphatic carbocycles. The van der Waals surface area contributed by atoms with Crippen LogP contribution in [0, 0.1) is 5.41 Å². The van der Waals surface area contributed by atoms with Crippen LogP contribution in [0.2, 0.25) is 0 Å². The van der Waals surface area contributed by atoms with E-state index in [4.69, 9.17) is 19.2 Å². The van der Waals surface area contributed by atoms with Crippen LogP contribution in [0.25, 0.3) is 0 Å². The summed E-state index contributed by atoms with van der Waals surface area (Å²) in [5.74, 6) is -2.75. The van der Waals surface area contributed by atoms with Crippen molar-refractivity contribution in [1.82, 2.24) is 0 Å². The van der Waals surface area contributed by atoms with Gasteiger partial charge in [0.2, 0.25) is 5.41 Å². The van der Waals surface area contributed by atoms with E-state index < -0.39 is 35.0 Å². The molecule has 3 rings (SSSR count). The Morgan fingerprint density at radius 1 is 0.711 bits per heavy atom. The fraction of sp³-hybridized carbons (Fsp3) is 0.290. The van der Waals surface area contributed by atoms with Gasteiger partial charge >= 0.3 is 17.9 Å². The molecule has 198 valence electrons. The maximum Gasteiger partial charge on any atom is 0.333 e. The molecule has 0 amide bonds. The molecule has 0 heterocycles. The molecule has 0 fully saturated rings. The summed E-state index contributed by atoms with van der Waals surface area (Å²) in [6, 6.07) is 25.7. The Labute approximate surface area is 223 Å². The Balaban J connectivity index is 2.38. The third-order valence-corrected chi connectivity index (χ3v) is 5.87. The number of hydrogen-bond donors (Lipinski definition) is 0. The van der Waals surface area contributed by atoms with Gasteiger partial charge in [0, 0.05) is 17.5 Å². The highest BCUT2D eigenvalue weighted by atomic mass is 16.6. The van der Waals surface area contributed by atoms with Crippen LogP contribution in [0.5, 0.6) is 0 Å². The molecule has 0 spiro atoms. The molecule has 0 aliphatic rings. The third-order valence-electron chi connectivity index (χ3n) is 5.87. The highest BCUT2D eigenvalue weighted by Gasteiger charge is 2.59. The van der Waals surface area contributed by atoms with Crippen LogP contribution >= 0.6 is 0 Å². The largest absolute Gasteiger partial charge is 0.468 e. The Morgan fingerprint density at radius 3 is 1.53 bits per heavy atom. The van der Waals surface area contributed by atoms with Gasteiger partial charge < -0.3 is 14.2 Å². The Morgan fingerprint density at radius 2 is 1.13 bits per heavy atom. The molecule has 3 aromatic rings.